The van der Waals surface area contributed by atoms with Gasteiger partial charge in [0.25, 0.3) is 0 Å². The van der Waals surface area contributed by atoms with Crippen molar-refractivity contribution < 1.29 is 14.3 Å². The lowest BCUT2D eigenvalue weighted by molar-refractivity contribution is -0.126. The topological polar surface area (TPSA) is 59.4 Å². The number of rotatable bonds is 8. The zero-order valence-corrected chi connectivity index (χ0v) is 18.0. The first-order valence-electron chi connectivity index (χ1n) is 9.72. The molecule has 1 atom stereocenters. The molecule has 0 aliphatic carbocycles. The molecule has 0 aromatic heterocycles. The predicted octanol–water partition coefficient (Wildman–Crippen LogP) is 5.70. The highest BCUT2D eigenvalue weighted by Gasteiger charge is 2.14. The third-order valence-corrected chi connectivity index (χ3v) is 4.47. The SMILES string of the molecule is CCCC(=N)c1ccc(CC)c(OC)c1.COC(C(C)=O)c1cccc(C)c1. The van der Waals surface area contributed by atoms with Gasteiger partial charge in [0.05, 0.1) is 7.11 Å². The second-order valence-electron chi connectivity index (χ2n) is 6.75. The Balaban J connectivity index is 0.000000283. The van der Waals surface area contributed by atoms with Gasteiger partial charge in [-0.15, -0.1) is 0 Å². The Hall–Kier alpha value is -2.46. The maximum Gasteiger partial charge on any atom is 0.163 e. The van der Waals surface area contributed by atoms with Gasteiger partial charge in [-0.3, -0.25) is 4.79 Å². The highest BCUT2D eigenvalue weighted by molar-refractivity contribution is 5.98. The predicted molar refractivity (Wildman–Crippen MR) is 116 cm³/mol. The van der Waals surface area contributed by atoms with Crippen LogP contribution in [0.15, 0.2) is 42.5 Å². The number of hydrogen-bond donors (Lipinski definition) is 1. The summed E-state index contributed by atoms with van der Waals surface area (Å²) in [5.74, 6) is 0.934. The molecule has 0 aliphatic rings. The molecule has 1 N–H and O–H groups in total. The Bertz CT molecular complexity index is 783. The van der Waals surface area contributed by atoms with Crippen molar-refractivity contribution in [3.63, 3.8) is 0 Å². The van der Waals surface area contributed by atoms with Crippen LogP contribution in [0.3, 0.4) is 0 Å². The first-order chi connectivity index (χ1) is 13.4. The smallest absolute Gasteiger partial charge is 0.163 e. The van der Waals surface area contributed by atoms with Crippen LogP contribution in [-0.4, -0.2) is 25.7 Å². The van der Waals surface area contributed by atoms with Gasteiger partial charge in [0.1, 0.15) is 11.9 Å². The standard InChI is InChI=1S/C13H19NO.C11H14O2/c1-4-6-12(14)11-8-7-10(5-2)13(9-11)15-3;1-8-5-4-6-10(7-8)11(13-3)9(2)12/h7-9,14H,4-6H2,1-3H3;4-7,11H,1-3H3. The fourth-order valence-corrected chi connectivity index (χ4v) is 2.99. The van der Waals surface area contributed by atoms with Crippen molar-refractivity contribution >= 4 is 11.5 Å². The normalized spacial score (nSPS) is 11.2. The van der Waals surface area contributed by atoms with E-state index in [-0.39, 0.29) is 5.78 Å². The number of aryl methyl sites for hydroxylation is 2. The third kappa shape index (κ3) is 6.93. The van der Waals surface area contributed by atoms with E-state index in [9.17, 15) is 4.79 Å². The summed E-state index contributed by atoms with van der Waals surface area (Å²) < 4.78 is 10.4. The summed E-state index contributed by atoms with van der Waals surface area (Å²) in [4.78, 5) is 11.2. The molecular weight excluding hydrogens is 350 g/mol. The van der Waals surface area contributed by atoms with E-state index < -0.39 is 6.10 Å². The lowest BCUT2D eigenvalue weighted by Gasteiger charge is -2.12. The van der Waals surface area contributed by atoms with Gasteiger partial charge < -0.3 is 14.9 Å². The van der Waals surface area contributed by atoms with Crippen molar-refractivity contribution in [3.8, 4) is 5.75 Å². The van der Waals surface area contributed by atoms with Crippen LogP contribution in [0, 0.1) is 12.3 Å². The van der Waals surface area contributed by atoms with Crippen molar-refractivity contribution in [2.75, 3.05) is 14.2 Å². The lowest BCUT2D eigenvalue weighted by Crippen LogP contribution is -2.10. The zero-order valence-electron chi connectivity index (χ0n) is 18.0. The molecule has 4 heteroatoms. The van der Waals surface area contributed by atoms with E-state index in [2.05, 4.69) is 19.9 Å². The fourth-order valence-electron chi connectivity index (χ4n) is 2.99. The van der Waals surface area contributed by atoms with Crippen LogP contribution in [0.4, 0.5) is 0 Å². The molecule has 28 heavy (non-hydrogen) atoms. The Kier molecular flexibility index (Phi) is 10.2. The van der Waals surface area contributed by atoms with Crippen LogP contribution in [0.5, 0.6) is 5.75 Å². The van der Waals surface area contributed by atoms with Gasteiger partial charge in [0.15, 0.2) is 5.78 Å². The van der Waals surface area contributed by atoms with E-state index in [0.29, 0.717) is 5.71 Å². The lowest BCUT2D eigenvalue weighted by atomic mass is 10.0. The summed E-state index contributed by atoms with van der Waals surface area (Å²) >= 11 is 0. The average molecular weight is 384 g/mol. The second kappa shape index (κ2) is 12.1. The molecule has 2 aromatic carbocycles. The summed E-state index contributed by atoms with van der Waals surface area (Å²) in [6.45, 7) is 7.73. The van der Waals surface area contributed by atoms with Crippen molar-refractivity contribution in [2.24, 2.45) is 0 Å². The van der Waals surface area contributed by atoms with E-state index in [0.717, 1.165) is 41.7 Å². The number of benzene rings is 2. The number of hydrogen-bond acceptors (Lipinski definition) is 4. The molecule has 0 spiro atoms. The molecule has 0 amide bonds. The summed E-state index contributed by atoms with van der Waals surface area (Å²) in [6, 6.07) is 13.8. The Morgan fingerprint density at radius 2 is 1.82 bits per heavy atom. The Morgan fingerprint density at radius 1 is 1.11 bits per heavy atom. The first kappa shape index (κ1) is 23.6. The Labute approximate surface area is 169 Å². The fraction of sp³-hybridized carbons (Fsp3) is 0.417. The number of nitrogens with one attached hydrogen (secondary N) is 1. The molecule has 2 aromatic rings. The van der Waals surface area contributed by atoms with Crippen molar-refractivity contribution in [1.82, 2.24) is 0 Å². The molecule has 152 valence electrons. The van der Waals surface area contributed by atoms with Gasteiger partial charge in [-0.25, -0.2) is 0 Å². The summed E-state index contributed by atoms with van der Waals surface area (Å²) in [5, 5.41) is 7.87. The number of methoxy groups -OCH3 is 2. The number of carbonyl (C=O) groups is 1. The third-order valence-electron chi connectivity index (χ3n) is 4.47. The maximum atomic E-state index is 11.2. The van der Waals surface area contributed by atoms with Crippen LogP contribution in [0.2, 0.25) is 0 Å². The molecule has 0 heterocycles. The molecule has 0 aliphatic heterocycles. The number of ketones is 1. The number of carbonyl (C=O) groups excluding carboxylic acids is 1. The zero-order chi connectivity index (χ0) is 21.1. The maximum absolute atomic E-state index is 11.2. The molecule has 0 saturated heterocycles. The summed E-state index contributed by atoms with van der Waals surface area (Å²) in [6.07, 6.45) is 2.38. The molecule has 0 saturated carbocycles. The van der Waals surface area contributed by atoms with Crippen molar-refractivity contribution in [3.05, 3.63) is 64.7 Å². The van der Waals surface area contributed by atoms with Gasteiger partial charge in [-0.2, -0.15) is 0 Å². The van der Waals surface area contributed by atoms with Crippen LogP contribution < -0.4 is 4.74 Å². The average Bonchev–Trinajstić information content (AvgIpc) is 2.68. The molecule has 0 bridgehead atoms. The first-order valence-corrected chi connectivity index (χ1v) is 9.72. The minimum Gasteiger partial charge on any atom is -0.496 e. The second-order valence-corrected chi connectivity index (χ2v) is 6.75. The highest BCUT2D eigenvalue weighted by atomic mass is 16.5. The van der Waals surface area contributed by atoms with Crippen LogP contribution in [-0.2, 0) is 16.0 Å². The number of Topliss-reactive ketones (excluding diaryl/α,β-unsaturated/α-hetero) is 1. The van der Waals surface area contributed by atoms with Gasteiger partial charge in [0, 0.05) is 12.8 Å². The van der Waals surface area contributed by atoms with Gasteiger partial charge in [0.2, 0.25) is 0 Å². The van der Waals surface area contributed by atoms with E-state index in [1.165, 1.54) is 12.5 Å². The van der Waals surface area contributed by atoms with Gasteiger partial charge in [-0.1, -0.05) is 62.2 Å². The molecule has 1 unspecified atom stereocenters. The molecule has 0 radical (unpaired) electrons. The quantitative estimate of drug-likeness (QED) is 0.595. The van der Waals surface area contributed by atoms with Crippen LogP contribution in [0.25, 0.3) is 0 Å². The van der Waals surface area contributed by atoms with E-state index in [1.807, 2.05) is 43.3 Å². The number of ether oxygens (including phenoxy) is 2. The van der Waals surface area contributed by atoms with Crippen LogP contribution >= 0.6 is 0 Å². The van der Waals surface area contributed by atoms with E-state index >= 15 is 0 Å². The monoisotopic (exact) mass is 383 g/mol. The van der Waals surface area contributed by atoms with Gasteiger partial charge >= 0.3 is 0 Å². The largest absolute Gasteiger partial charge is 0.496 e. The minimum atomic E-state index is -0.417. The van der Waals surface area contributed by atoms with Crippen LogP contribution in [0.1, 0.15) is 62.0 Å². The van der Waals surface area contributed by atoms with Crippen molar-refractivity contribution in [1.29, 1.82) is 5.41 Å². The van der Waals surface area contributed by atoms with Gasteiger partial charge in [-0.05, 0) is 49.4 Å². The van der Waals surface area contributed by atoms with Crippen molar-refractivity contribution in [2.45, 2.75) is 53.1 Å². The molecule has 0 fully saturated rings. The minimum absolute atomic E-state index is 0.0353. The van der Waals surface area contributed by atoms with E-state index in [4.69, 9.17) is 14.9 Å². The summed E-state index contributed by atoms with van der Waals surface area (Å²) in [5.41, 5.74) is 4.94. The molecule has 4 nitrogen and oxygen atoms in total. The molecular formula is C24H33NO3. The summed E-state index contributed by atoms with van der Waals surface area (Å²) in [7, 11) is 3.23. The highest BCUT2D eigenvalue weighted by Crippen LogP contribution is 2.21. The Morgan fingerprint density at radius 3 is 2.32 bits per heavy atom. The van der Waals surface area contributed by atoms with E-state index in [1.54, 1.807) is 14.2 Å². The molecule has 2 rings (SSSR count).